The Morgan fingerprint density at radius 3 is 2.84 bits per heavy atom. The van der Waals surface area contributed by atoms with Gasteiger partial charge in [-0.25, -0.2) is 4.98 Å². The molecule has 1 aromatic heterocycles. The number of nitrogens with zero attached hydrogens (tertiary/aromatic N) is 2. The number of ether oxygens (including phenoxy) is 1. The van der Waals surface area contributed by atoms with E-state index in [0.29, 0.717) is 16.9 Å². The number of hydrogen-bond acceptors (Lipinski definition) is 5. The van der Waals surface area contributed by atoms with E-state index in [9.17, 15) is 9.59 Å². The van der Waals surface area contributed by atoms with E-state index in [4.69, 9.17) is 10.5 Å². The first-order valence-electron chi connectivity index (χ1n) is 8.68. The lowest BCUT2D eigenvalue weighted by Gasteiger charge is -2.14. The number of benzene rings is 1. The minimum Gasteiger partial charge on any atom is -0.454 e. The lowest BCUT2D eigenvalue weighted by Crippen LogP contribution is -2.11. The summed E-state index contributed by atoms with van der Waals surface area (Å²) in [6, 6.07) is 2.05. The van der Waals surface area contributed by atoms with Crippen LogP contribution < -0.4 is 11.1 Å². The standard InChI is InChI=1S/C18H24N4O3/c1-4-5-6-12-9-13-17(15(19)16(12)20-10(2)23)21-18-14(25-11(3)24)7-8-22(13)18/h9,14H,4-8,19H2,1-3H3,(H,20,23). The summed E-state index contributed by atoms with van der Waals surface area (Å²) < 4.78 is 7.43. The molecule has 1 amide bonds. The predicted molar refractivity (Wildman–Crippen MR) is 96.2 cm³/mol. The second kappa shape index (κ2) is 6.74. The summed E-state index contributed by atoms with van der Waals surface area (Å²) in [7, 11) is 0. The molecule has 0 radical (unpaired) electrons. The molecule has 0 aliphatic carbocycles. The molecule has 0 bridgehead atoms. The van der Waals surface area contributed by atoms with E-state index in [-0.39, 0.29) is 18.0 Å². The van der Waals surface area contributed by atoms with Crippen LogP contribution in [0.25, 0.3) is 11.0 Å². The van der Waals surface area contributed by atoms with Crippen LogP contribution in [0.5, 0.6) is 0 Å². The van der Waals surface area contributed by atoms with Gasteiger partial charge in [0.15, 0.2) is 11.9 Å². The molecule has 1 atom stereocenters. The highest BCUT2D eigenvalue weighted by molar-refractivity contribution is 6.02. The predicted octanol–water partition coefficient (Wildman–Crippen LogP) is 2.93. The van der Waals surface area contributed by atoms with Gasteiger partial charge < -0.3 is 20.4 Å². The van der Waals surface area contributed by atoms with Gasteiger partial charge in [-0.2, -0.15) is 0 Å². The van der Waals surface area contributed by atoms with Crippen LogP contribution in [0.4, 0.5) is 11.4 Å². The molecule has 0 saturated heterocycles. The third-order valence-electron chi connectivity index (χ3n) is 4.50. The summed E-state index contributed by atoms with van der Waals surface area (Å²) in [4.78, 5) is 27.5. The van der Waals surface area contributed by atoms with E-state index in [1.165, 1.54) is 13.8 Å². The summed E-state index contributed by atoms with van der Waals surface area (Å²) >= 11 is 0. The van der Waals surface area contributed by atoms with Gasteiger partial charge in [-0.1, -0.05) is 13.3 Å². The number of carbonyl (C=O) groups excluding carboxylic acids is 2. The fraction of sp³-hybridized carbons (Fsp3) is 0.500. The summed E-state index contributed by atoms with van der Waals surface area (Å²) in [6.45, 7) is 5.73. The zero-order chi connectivity index (χ0) is 18.1. The normalized spacial score (nSPS) is 16.0. The van der Waals surface area contributed by atoms with E-state index >= 15 is 0 Å². The molecule has 1 unspecified atom stereocenters. The van der Waals surface area contributed by atoms with Crippen molar-refractivity contribution in [1.29, 1.82) is 0 Å². The van der Waals surface area contributed by atoms with Crippen molar-refractivity contribution in [1.82, 2.24) is 9.55 Å². The van der Waals surface area contributed by atoms with Crippen LogP contribution in [0.15, 0.2) is 6.07 Å². The van der Waals surface area contributed by atoms with Crippen LogP contribution in [0, 0.1) is 0 Å². The van der Waals surface area contributed by atoms with Crippen LogP contribution in [0.2, 0.25) is 0 Å². The molecule has 1 aliphatic rings. The number of amides is 1. The molecular weight excluding hydrogens is 320 g/mol. The summed E-state index contributed by atoms with van der Waals surface area (Å²) in [5.41, 5.74) is 10.1. The van der Waals surface area contributed by atoms with Crippen molar-refractivity contribution >= 4 is 34.3 Å². The first-order valence-corrected chi connectivity index (χ1v) is 8.68. The first-order chi connectivity index (χ1) is 11.9. The molecule has 7 heteroatoms. The molecule has 1 aromatic carbocycles. The van der Waals surface area contributed by atoms with Gasteiger partial charge in [-0.05, 0) is 24.5 Å². The van der Waals surface area contributed by atoms with Crippen molar-refractivity contribution in [2.45, 2.75) is 59.1 Å². The van der Waals surface area contributed by atoms with Crippen LogP contribution in [0.1, 0.15) is 57.5 Å². The van der Waals surface area contributed by atoms with Crippen molar-refractivity contribution in [3.63, 3.8) is 0 Å². The minimum atomic E-state index is -0.340. The van der Waals surface area contributed by atoms with Crippen LogP contribution in [0.3, 0.4) is 0 Å². The third kappa shape index (κ3) is 3.18. The van der Waals surface area contributed by atoms with Crippen LogP contribution in [-0.4, -0.2) is 21.4 Å². The molecule has 2 heterocycles. The molecule has 7 nitrogen and oxygen atoms in total. The van der Waals surface area contributed by atoms with Crippen molar-refractivity contribution < 1.29 is 14.3 Å². The quantitative estimate of drug-likeness (QED) is 0.642. The highest BCUT2D eigenvalue weighted by Crippen LogP contribution is 2.39. The van der Waals surface area contributed by atoms with Crippen molar-refractivity contribution in [2.24, 2.45) is 0 Å². The maximum Gasteiger partial charge on any atom is 0.303 e. The second-order valence-electron chi connectivity index (χ2n) is 6.49. The van der Waals surface area contributed by atoms with Gasteiger partial charge in [0.25, 0.3) is 0 Å². The molecule has 0 saturated carbocycles. The van der Waals surface area contributed by atoms with E-state index in [1.807, 2.05) is 0 Å². The van der Waals surface area contributed by atoms with Gasteiger partial charge in [0, 0.05) is 26.8 Å². The van der Waals surface area contributed by atoms with Gasteiger partial charge in [0.1, 0.15) is 5.52 Å². The molecule has 1 aliphatic heterocycles. The zero-order valence-corrected chi connectivity index (χ0v) is 14.9. The summed E-state index contributed by atoms with van der Waals surface area (Å²) in [5.74, 6) is 0.243. The average Bonchev–Trinajstić information content (AvgIpc) is 3.08. The highest BCUT2D eigenvalue weighted by Gasteiger charge is 2.30. The molecule has 3 N–H and O–H groups in total. The van der Waals surface area contributed by atoms with Gasteiger partial charge in [0.05, 0.1) is 16.9 Å². The number of hydrogen-bond donors (Lipinski definition) is 2. The number of rotatable bonds is 5. The smallest absolute Gasteiger partial charge is 0.303 e. The van der Waals surface area contributed by atoms with E-state index in [2.05, 4.69) is 27.9 Å². The first kappa shape index (κ1) is 17.3. The zero-order valence-electron chi connectivity index (χ0n) is 14.9. The maximum atomic E-state index is 11.6. The van der Waals surface area contributed by atoms with Gasteiger partial charge in [-0.15, -0.1) is 0 Å². The molecule has 3 rings (SSSR count). The fourth-order valence-corrected chi connectivity index (χ4v) is 3.41. The van der Waals surface area contributed by atoms with Crippen LogP contribution >= 0.6 is 0 Å². The Hall–Kier alpha value is -2.57. The average molecular weight is 344 g/mol. The number of aryl methyl sites for hydroxylation is 2. The molecule has 25 heavy (non-hydrogen) atoms. The Morgan fingerprint density at radius 2 is 2.20 bits per heavy atom. The van der Waals surface area contributed by atoms with Crippen molar-refractivity contribution in [2.75, 3.05) is 11.1 Å². The number of anilines is 2. The Kier molecular flexibility index (Phi) is 4.65. The molecule has 0 fully saturated rings. The second-order valence-corrected chi connectivity index (χ2v) is 6.49. The number of unbranched alkanes of at least 4 members (excludes halogenated alkanes) is 1. The van der Waals surface area contributed by atoms with Crippen LogP contribution in [-0.2, 0) is 27.3 Å². The number of fused-ring (bicyclic) bond motifs is 3. The maximum absolute atomic E-state index is 11.6. The molecular formula is C18H24N4O3. The SMILES string of the molecule is CCCCc1cc2c(nc3n2CCC3OC(C)=O)c(N)c1NC(C)=O. The minimum absolute atomic E-state index is 0.159. The Morgan fingerprint density at radius 1 is 1.44 bits per heavy atom. The summed E-state index contributed by atoms with van der Waals surface area (Å²) in [5, 5.41) is 2.85. The summed E-state index contributed by atoms with van der Waals surface area (Å²) in [6.07, 6.45) is 3.27. The lowest BCUT2D eigenvalue weighted by atomic mass is 10.0. The van der Waals surface area contributed by atoms with Gasteiger partial charge >= 0.3 is 5.97 Å². The molecule has 2 aromatic rings. The number of esters is 1. The van der Waals surface area contributed by atoms with Gasteiger partial charge in [0.2, 0.25) is 5.91 Å². The van der Waals surface area contributed by atoms with Crippen molar-refractivity contribution in [3.8, 4) is 0 Å². The van der Waals surface area contributed by atoms with Gasteiger partial charge in [-0.3, -0.25) is 9.59 Å². The number of imidazole rings is 1. The number of nitrogens with one attached hydrogen (secondary N) is 1. The lowest BCUT2D eigenvalue weighted by molar-refractivity contribution is -0.146. The Bertz CT molecular complexity index is 841. The number of carbonyl (C=O) groups is 2. The monoisotopic (exact) mass is 344 g/mol. The van der Waals surface area contributed by atoms with E-state index < -0.39 is 0 Å². The third-order valence-corrected chi connectivity index (χ3v) is 4.50. The number of aromatic nitrogens is 2. The molecule has 134 valence electrons. The van der Waals surface area contributed by atoms with E-state index in [1.54, 1.807) is 0 Å². The topological polar surface area (TPSA) is 99.2 Å². The van der Waals surface area contributed by atoms with Crippen molar-refractivity contribution in [3.05, 3.63) is 17.5 Å². The Balaban J connectivity index is 2.12. The number of nitrogen functional groups attached to an aromatic ring is 1. The largest absolute Gasteiger partial charge is 0.454 e. The highest BCUT2D eigenvalue weighted by atomic mass is 16.5. The molecule has 0 spiro atoms. The number of nitrogens with two attached hydrogens (primary N) is 1. The fourth-order valence-electron chi connectivity index (χ4n) is 3.41. The van der Waals surface area contributed by atoms with E-state index in [0.717, 1.165) is 49.1 Å². The Labute approximate surface area is 146 Å².